The van der Waals surface area contributed by atoms with Crippen molar-refractivity contribution < 1.29 is 4.74 Å². The normalized spacial score (nSPS) is 13.1. The molecule has 0 aromatic heterocycles. The number of para-hydroxylation sites is 1. The number of nitrogens with zero attached hydrogens (tertiary/aromatic N) is 1. The lowest BCUT2D eigenvalue weighted by molar-refractivity contribution is 0.276. The minimum atomic E-state index is 0.688. The van der Waals surface area contributed by atoms with Gasteiger partial charge in [0.2, 0.25) is 0 Å². The molecule has 2 nitrogen and oxygen atoms in total. The van der Waals surface area contributed by atoms with Crippen molar-refractivity contribution in [1.29, 1.82) is 0 Å². The summed E-state index contributed by atoms with van der Waals surface area (Å²) < 4.78 is 5.77. The summed E-state index contributed by atoms with van der Waals surface area (Å²) in [6, 6.07) is 8.30. The molecule has 27 heavy (non-hydrogen) atoms. The van der Waals surface area contributed by atoms with Crippen LogP contribution in [0, 0.1) is 0 Å². The van der Waals surface area contributed by atoms with Gasteiger partial charge < -0.3 is 4.74 Å². The van der Waals surface area contributed by atoms with E-state index >= 15 is 0 Å². The van der Waals surface area contributed by atoms with Crippen LogP contribution in [0.2, 0.25) is 0 Å². The standard InChI is InChI=1S/C25H41NO/c1-2-3-4-5-6-7-8-9-10-11-12-13-14-15-16-21-25-26-24-20-18-17-19-23(24)22-27-25/h17-20H,2-16,21-22H2,1H3. The highest BCUT2D eigenvalue weighted by atomic mass is 16.5. The van der Waals surface area contributed by atoms with Crippen LogP contribution in [0.3, 0.4) is 0 Å². The fourth-order valence-electron chi connectivity index (χ4n) is 3.85. The molecule has 0 saturated heterocycles. The molecule has 1 aliphatic heterocycles. The number of hydrogen-bond donors (Lipinski definition) is 0. The topological polar surface area (TPSA) is 21.6 Å². The molecule has 0 atom stereocenters. The number of hydrogen-bond acceptors (Lipinski definition) is 2. The van der Waals surface area contributed by atoms with Gasteiger partial charge in [-0.25, -0.2) is 4.99 Å². The molecule has 0 unspecified atom stereocenters. The molecule has 0 radical (unpaired) electrons. The van der Waals surface area contributed by atoms with E-state index in [1.165, 1.54) is 102 Å². The summed E-state index contributed by atoms with van der Waals surface area (Å²) in [4.78, 5) is 4.64. The molecule has 1 heterocycles. The zero-order chi connectivity index (χ0) is 19.0. The van der Waals surface area contributed by atoms with E-state index in [-0.39, 0.29) is 0 Å². The Balaban J connectivity index is 1.35. The van der Waals surface area contributed by atoms with E-state index < -0.39 is 0 Å². The van der Waals surface area contributed by atoms with Crippen LogP contribution in [0.25, 0.3) is 0 Å². The Hall–Kier alpha value is -1.31. The van der Waals surface area contributed by atoms with E-state index in [1.807, 2.05) is 0 Å². The first-order valence-electron chi connectivity index (χ1n) is 11.7. The highest BCUT2D eigenvalue weighted by Crippen LogP contribution is 2.25. The number of benzene rings is 1. The van der Waals surface area contributed by atoms with Crippen molar-refractivity contribution >= 4 is 11.6 Å². The minimum Gasteiger partial charge on any atom is -0.476 e. The molecule has 1 aromatic carbocycles. The maximum absolute atomic E-state index is 5.77. The van der Waals surface area contributed by atoms with Crippen molar-refractivity contribution in [3.8, 4) is 0 Å². The van der Waals surface area contributed by atoms with Gasteiger partial charge in [0.15, 0.2) is 5.90 Å². The molecule has 152 valence electrons. The summed E-state index contributed by atoms with van der Waals surface area (Å²) in [5.74, 6) is 0.934. The molecule has 0 saturated carbocycles. The monoisotopic (exact) mass is 371 g/mol. The first-order chi connectivity index (χ1) is 13.4. The summed E-state index contributed by atoms with van der Waals surface area (Å²) in [7, 11) is 0. The Kier molecular flexibility index (Phi) is 12.0. The van der Waals surface area contributed by atoms with Crippen molar-refractivity contribution in [3.63, 3.8) is 0 Å². The summed E-state index contributed by atoms with van der Waals surface area (Å²) in [6.45, 7) is 2.98. The van der Waals surface area contributed by atoms with Crippen molar-refractivity contribution in [3.05, 3.63) is 29.8 Å². The van der Waals surface area contributed by atoms with Crippen LogP contribution in [0.1, 0.15) is 115 Å². The van der Waals surface area contributed by atoms with Gasteiger partial charge in [-0.3, -0.25) is 0 Å². The third-order valence-electron chi connectivity index (χ3n) is 5.63. The van der Waals surface area contributed by atoms with Crippen LogP contribution in [0.15, 0.2) is 29.3 Å². The van der Waals surface area contributed by atoms with Crippen LogP contribution in [0.4, 0.5) is 5.69 Å². The smallest absolute Gasteiger partial charge is 0.188 e. The molecular formula is C25H41NO. The van der Waals surface area contributed by atoms with Gasteiger partial charge in [-0.15, -0.1) is 0 Å². The molecule has 1 aromatic rings. The number of rotatable bonds is 16. The molecule has 0 aliphatic carbocycles. The summed E-state index contributed by atoms with van der Waals surface area (Å²) in [5, 5.41) is 0. The van der Waals surface area contributed by atoms with Gasteiger partial charge in [0.05, 0.1) is 5.69 Å². The second kappa shape index (κ2) is 14.7. The molecule has 0 N–H and O–H groups in total. The van der Waals surface area contributed by atoms with E-state index in [1.54, 1.807) is 0 Å². The van der Waals surface area contributed by atoms with E-state index in [0.29, 0.717) is 6.61 Å². The minimum absolute atomic E-state index is 0.688. The quantitative estimate of drug-likeness (QED) is 0.267. The molecule has 2 rings (SSSR count). The predicted octanol–water partition coefficient (Wildman–Crippen LogP) is 8.51. The van der Waals surface area contributed by atoms with Crippen molar-refractivity contribution in [2.24, 2.45) is 4.99 Å². The second-order valence-electron chi connectivity index (χ2n) is 8.12. The summed E-state index contributed by atoms with van der Waals surface area (Å²) in [6.07, 6.45) is 22.1. The summed E-state index contributed by atoms with van der Waals surface area (Å²) >= 11 is 0. The zero-order valence-corrected chi connectivity index (χ0v) is 17.7. The first-order valence-corrected chi connectivity index (χ1v) is 11.7. The first kappa shape index (κ1) is 22.0. The van der Waals surface area contributed by atoms with Gasteiger partial charge in [-0.2, -0.15) is 0 Å². The molecule has 1 aliphatic rings. The van der Waals surface area contributed by atoms with Gasteiger partial charge in [0.1, 0.15) is 6.61 Å². The lowest BCUT2D eigenvalue weighted by atomic mass is 10.0. The number of unbranched alkanes of at least 4 members (excludes halogenated alkanes) is 14. The zero-order valence-electron chi connectivity index (χ0n) is 17.7. The molecule has 0 amide bonds. The Morgan fingerprint density at radius 2 is 1.22 bits per heavy atom. The third-order valence-corrected chi connectivity index (χ3v) is 5.63. The maximum Gasteiger partial charge on any atom is 0.188 e. The lowest BCUT2D eigenvalue weighted by Crippen LogP contribution is -2.09. The third kappa shape index (κ3) is 9.98. The summed E-state index contributed by atoms with van der Waals surface area (Å²) in [5.41, 5.74) is 2.30. The Labute approximate surface area is 167 Å². The van der Waals surface area contributed by atoms with Crippen molar-refractivity contribution in [2.45, 2.75) is 116 Å². The largest absolute Gasteiger partial charge is 0.476 e. The van der Waals surface area contributed by atoms with Crippen LogP contribution in [-0.2, 0) is 11.3 Å². The van der Waals surface area contributed by atoms with E-state index in [2.05, 4.69) is 36.2 Å². The van der Waals surface area contributed by atoms with E-state index in [9.17, 15) is 0 Å². The number of ether oxygens (including phenoxy) is 1. The van der Waals surface area contributed by atoms with Crippen LogP contribution >= 0.6 is 0 Å². The average Bonchev–Trinajstić information content (AvgIpc) is 2.71. The van der Waals surface area contributed by atoms with Gasteiger partial charge in [-0.1, -0.05) is 115 Å². The van der Waals surface area contributed by atoms with Crippen LogP contribution in [-0.4, -0.2) is 5.90 Å². The van der Waals surface area contributed by atoms with Crippen molar-refractivity contribution in [2.75, 3.05) is 0 Å². The fourth-order valence-corrected chi connectivity index (χ4v) is 3.85. The van der Waals surface area contributed by atoms with Gasteiger partial charge >= 0.3 is 0 Å². The average molecular weight is 372 g/mol. The van der Waals surface area contributed by atoms with Crippen LogP contribution in [0.5, 0.6) is 0 Å². The van der Waals surface area contributed by atoms with Gasteiger partial charge in [-0.05, 0) is 12.5 Å². The number of aliphatic imine (C=N–C) groups is 1. The predicted molar refractivity (Wildman–Crippen MR) is 118 cm³/mol. The Morgan fingerprint density at radius 3 is 1.81 bits per heavy atom. The second-order valence-corrected chi connectivity index (χ2v) is 8.12. The molecule has 0 bridgehead atoms. The maximum atomic E-state index is 5.77. The van der Waals surface area contributed by atoms with Gasteiger partial charge in [0, 0.05) is 12.0 Å². The highest BCUT2D eigenvalue weighted by Gasteiger charge is 2.11. The lowest BCUT2D eigenvalue weighted by Gasteiger charge is -2.16. The highest BCUT2D eigenvalue weighted by molar-refractivity contribution is 5.81. The Morgan fingerprint density at radius 1 is 0.704 bits per heavy atom. The van der Waals surface area contributed by atoms with E-state index in [0.717, 1.165) is 18.0 Å². The molecular weight excluding hydrogens is 330 g/mol. The molecule has 2 heteroatoms. The Bertz CT molecular complexity index is 523. The molecule has 0 spiro atoms. The van der Waals surface area contributed by atoms with Crippen molar-refractivity contribution in [1.82, 2.24) is 0 Å². The molecule has 0 fully saturated rings. The van der Waals surface area contributed by atoms with Gasteiger partial charge in [0.25, 0.3) is 0 Å². The SMILES string of the molecule is CCCCCCCCCCCCCCCCCC1=Nc2ccccc2CO1. The number of fused-ring (bicyclic) bond motifs is 1. The van der Waals surface area contributed by atoms with Crippen LogP contribution < -0.4 is 0 Å². The van der Waals surface area contributed by atoms with E-state index in [4.69, 9.17) is 4.74 Å². The fraction of sp³-hybridized carbons (Fsp3) is 0.720.